The minimum atomic E-state index is -1.78. The molecule has 1 heterocycles. The highest BCUT2D eigenvalue weighted by atomic mass is 28.3. The van der Waals surface area contributed by atoms with Gasteiger partial charge in [0.1, 0.15) is 13.9 Å². The van der Waals surface area contributed by atoms with Crippen LogP contribution in [0.1, 0.15) is 52.7 Å². The Morgan fingerprint density at radius 1 is 0.857 bits per heavy atom. The molecule has 0 aliphatic carbocycles. The highest BCUT2D eigenvalue weighted by Crippen LogP contribution is 2.41. The average Bonchev–Trinajstić information content (AvgIpc) is 3.04. The first-order valence-electron chi connectivity index (χ1n) is 10.3. The number of hydrogen-bond acceptors (Lipinski definition) is 1. The molecule has 2 aromatic carbocycles. The van der Waals surface area contributed by atoms with Gasteiger partial charge < -0.3 is 4.98 Å². The lowest BCUT2D eigenvalue weighted by Crippen LogP contribution is -2.43. The zero-order valence-corrected chi connectivity index (χ0v) is 19.2. The van der Waals surface area contributed by atoms with E-state index in [4.69, 9.17) is 4.98 Å². The van der Waals surface area contributed by atoms with E-state index in [0.717, 1.165) is 28.0 Å². The van der Waals surface area contributed by atoms with Crippen LogP contribution in [0.2, 0.25) is 16.6 Å². The Kier molecular flexibility index (Phi) is 5.81. The molecule has 0 bridgehead atoms. The predicted molar refractivity (Wildman–Crippen MR) is 124 cm³/mol. The fourth-order valence-corrected chi connectivity index (χ4v) is 9.98. The number of imidazole rings is 1. The number of nitrogens with one attached hydrogen (secondary N) is 1. The maximum Gasteiger partial charge on any atom is 0.146 e. The predicted octanol–water partition coefficient (Wildman–Crippen LogP) is 7.11. The smallest absolute Gasteiger partial charge is 0.146 e. The van der Waals surface area contributed by atoms with Gasteiger partial charge in [-0.25, -0.2) is 4.98 Å². The Bertz CT molecular complexity index is 977. The van der Waals surface area contributed by atoms with Gasteiger partial charge in [0.05, 0.1) is 11.0 Å². The van der Waals surface area contributed by atoms with E-state index in [1.54, 1.807) is 0 Å². The molecule has 0 saturated heterocycles. The van der Waals surface area contributed by atoms with Crippen molar-refractivity contribution >= 4 is 19.1 Å². The molecule has 0 radical (unpaired) electrons. The maximum atomic E-state index is 4.84. The molecule has 0 fully saturated rings. The Hall–Kier alpha value is -2.31. The molecule has 1 aromatic heterocycles. The molecular weight excluding hydrogens is 356 g/mol. The van der Waals surface area contributed by atoms with Crippen LogP contribution < -0.4 is 0 Å². The van der Waals surface area contributed by atoms with Crippen molar-refractivity contribution in [3.8, 4) is 22.9 Å². The number of rotatable bonds is 4. The van der Waals surface area contributed by atoms with Crippen LogP contribution >= 0.6 is 0 Å². The summed E-state index contributed by atoms with van der Waals surface area (Å²) < 4.78 is 0. The summed E-state index contributed by atoms with van der Waals surface area (Å²) in [6, 6.07) is 14.6. The summed E-state index contributed by atoms with van der Waals surface area (Å²) in [7, 11) is -1.78. The van der Waals surface area contributed by atoms with Crippen LogP contribution in [0.5, 0.6) is 0 Å². The van der Waals surface area contributed by atoms with Crippen LogP contribution in [0.3, 0.4) is 0 Å². The van der Waals surface area contributed by atoms with Crippen molar-refractivity contribution in [3.63, 3.8) is 0 Å². The molecule has 0 atom stereocenters. The summed E-state index contributed by atoms with van der Waals surface area (Å²) in [4.78, 5) is 8.33. The maximum absolute atomic E-state index is 4.84. The highest BCUT2D eigenvalue weighted by Gasteiger charge is 2.41. The zero-order chi connectivity index (χ0) is 20.5. The Morgan fingerprint density at radius 2 is 1.50 bits per heavy atom. The highest BCUT2D eigenvalue weighted by molar-refractivity contribution is 6.90. The number of aromatic amines is 1. The van der Waals surface area contributed by atoms with Crippen molar-refractivity contribution < 1.29 is 0 Å². The fourth-order valence-electron chi connectivity index (χ4n) is 4.77. The van der Waals surface area contributed by atoms with Gasteiger partial charge >= 0.3 is 0 Å². The molecule has 0 amide bonds. The lowest BCUT2D eigenvalue weighted by molar-refractivity contribution is 0.838. The van der Waals surface area contributed by atoms with Gasteiger partial charge in [-0.15, -0.1) is 5.54 Å². The van der Waals surface area contributed by atoms with Crippen molar-refractivity contribution in [1.29, 1.82) is 0 Å². The first-order valence-corrected chi connectivity index (χ1v) is 12.6. The lowest BCUT2D eigenvalue weighted by Gasteiger charge is -2.38. The summed E-state index contributed by atoms with van der Waals surface area (Å²) in [5.74, 6) is 4.55. The van der Waals surface area contributed by atoms with Crippen molar-refractivity contribution in [1.82, 2.24) is 9.97 Å². The minimum Gasteiger partial charge on any atom is -0.338 e. The third kappa shape index (κ3) is 3.54. The van der Waals surface area contributed by atoms with Gasteiger partial charge in [-0.3, -0.25) is 0 Å². The summed E-state index contributed by atoms with van der Waals surface area (Å²) in [6.45, 7) is 16.3. The number of para-hydroxylation sites is 2. The molecule has 146 valence electrons. The van der Waals surface area contributed by atoms with Gasteiger partial charge in [0.2, 0.25) is 0 Å². The van der Waals surface area contributed by atoms with Crippen LogP contribution in [0.15, 0.2) is 42.5 Å². The van der Waals surface area contributed by atoms with Crippen molar-refractivity contribution in [3.05, 3.63) is 53.6 Å². The summed E-state index contributed by atoms with van der Waals surface area (Å²) in [5, 5.41) is 0. The van der Waals surface area contributed by atoms with Crippen LogP contribution in [0.25, 0.3) is 22.4 Å². The number of H-pyrrole nitrogens is 1. The number of hydrogen-bond donors (Lipinski definition) is 1. The van der Waals surface area contributed by atoms with Crippen LogP contribution in [0, 0.1) is 18.4 Å². The van der Waals surface area contributed by atoms with Crippen LogP contribution in [-0.4, -0.2) is 18.0 Å². The van der Waals surface area contributed by atoms with Crippen LogP contribution in [0.4, 0.5) is 0 Å². The van der Waals surface area contributed by atoms with E-state index in [9.17, 15) is 0 Å². The average molecular weight is 389 g/mol. The Balaban J connectivity index is 2.17. The van der Waals surface area contributed by atoms with Gasteiger partial charge in [0.15, 0.2) is 0 Å². The van der Waals surface area contributed by atoms with E-state index < -0.39 is 8.07 Å². The Labute approximate surface area is 170 Å². The quantitative estimate of drug-likeness (QED) is 0.374. The minimum absolute atomic E-state index is 0.625. The third-order valence-corrected chi connectivity index (χ3v) is 12.5. The molecular formula is C25H32N2Si. The molecule has 3 aromatic rings. The SMILES string of the molecule is Cc1cccc(C#C[Si](C(C)C)(C(C)C)C(C)C)c1-c1nc2ccccc2[nH]1. The largest absolute Gasteiger partial charge is 0.338 e. The first kappa shape index (κ1) is 20.4. The molecule has 0 aliphatic rings. The fraction of sp³-hybridized carbons (Fsp3) is 0.400. The second-order valence-electron chi connectivity index (χ2n) is 8.75. The van der Waals surface area contributed by atoms with Crippen molar-refractivity contribution in [2.24, 2.45) is 0 Å². The standard InChI is InChI=1S/C25H32N2Si/c1-17(2)28(18(3)4,19(5)6)16-15-21-12-10-11-20(7)24(21)25-26-22-13-8-9-14-23(22)27-25/h8-14,17-19H,1-7H3,(H,26,27). The molecule has 28 heavy (non-hydrogen) atoms. The summed E-state index contributed by atoms with van der Waals surface area (Å²) in [6.07, 6.45) is 0. The van der Waals surface area contributed by atoms with Gasteiger partial charge in [-0.1, -0.05) is 71.7 Å². The lowest BCUT2D eigenvalue weighted by atomic mass is 10.0. The summed E-state index contributed by atoms with van der Waals surface area (Å²) >= 11 is 0. The third-order valence-electron chi connectivity index (χ3n) is 6.18. The van der Waals surface area contributed by atoms with Crippen molar-refractivity contribution in [2.75, 3.05) is 0 Å². The molecule has 0 aliphatic heterocycles. The number of fused-ring (bicyclic) bond motifs is 1. The number of nitrogens with zero attached hydrogens (tertiary/aromatic N) is 1. The zero-order valence-electron chi connectivity index (χ0n) is 18.2. The molecule has 0 unspecified atom stereocenters. The molecule has 1 N–H and O–H groups in total. The Morgan fingerprint density at radius 3 is 2.11 bits per heavy atom. The van der Waals surface area contributed by atoms with E-state index in [2.05, 4.69) is 89.2 Å². The molecule has 3 heteroatoms. The second kappa shape index (κ2) is 7.97. The molecule has 0 saturated carbocycles. The van der Waals surface area contributed by atoms with Gasteiger partial charge in [-0.2, -0.15) is 0 Å². The normalized spacial score (nSPS) is 12.1. The summed E-state index contributed by atoms with van der Waals surface area (Å²) in [5.41, 5.74) is 11.2. The van der Waals surface area contributed by atoms with E-state index in [0.29, 0.717) is 16.6 Å². The van der Waals surface area contributed by atoms with Crippen molar-refractivity contribution in [2.45, 2.75) is 65.1 Å². The van der Waals surface area contributed by atoms with Crippen LogP contribution in [-0.2, 0) is 0 Å². The number of aryl methyl sites for hydroxylation is 1. The first-order chi connectivity index (χ1) is 13.3. The molecule has 3 rings (SSSR count). The molecule has 2 nitrogen and oxygen atoms in total. The monoisotopic (exact) mass is 388 g/mol. The van der Waals surface area contributed by atoms with E-state index in [1.165, 1.54) is 5.56 Å². The number of aromatic nitrogens is 2. The van der Waals surface area contributed by atoms with Gasteiger partial charge in [0.25, 0.3) is 0 Å². The topological polar surface area (TPSA) is 28.7 Å². The molecule has 0 spiro atoms. The van der Waals surface area contributed by atoms with E-state index in [1.807, 2.05) is 18.2 Å². The van der Waals surface area contributed by atoms with Gasteiger partial charge in [-0.05, 0) is 47.3 Å². The van der Waals surface area contributed by atoms with Gasteiger partial charge in [0, 0.05) is 11.1 Å². The second-order valence-corrected chi connectivity index (χ2v) is 14.3. The van der Waals surface area contributed by atoms with E-state index >= 15 is 0 Å². The number of benzene rings is 2. The van der Waals surface area contributed by atoms with E-state index in [-0.39, 0.29) is 0 Å².